The Hall–Kier alpha value is -2.25. The maximum Gasteiger partial charge on any atom is 0.270 e. The summed E-state index contributed by atoms with van der Waals surface area (Å²) in [6.45, 7) is 5.06. The number of carbonyl (C=O) groups is 1. The van der Waals surface area contributed by atoms with E-state index in [-0.39, 0.29) is 11.9 Å². The number of aryl methyl sites for hydroxylation is 1. The average Bonchev–Trinajstić information content (AvgIpc) is 3.12. The van der Waals surface area contributed by atoms with Crippen molar-refractivity contribution in [3.63, 3.8) is 0 Å². The van der Waals surface area contributed by atoms with Gasteiger partial charge in [0.2, 0.25) is 0 Å². The highest BCUT2D eigenvalue weighted by molar-refractivity contribution is 5.92. The molecule has 8 heteroatoms. The van der Waals surface area contributed by atoms with Crippen molar-refractivity contribution < 1.29 is 4.79 Å². The molecular weight excluding hydrogens is 294 g/mol. The first-order chi connectivity index (χ1) is 11.1. The van der Waals surface area contributed by atoms with Gasteiger partial charge in [0.1, 0.15) is 11.5 Å². The number of nitrogens with zero attached hydrogens (tertiary/aromatic N) is 5. The lowest BCUT2D eigenvalue weighted by Gasteiger charge is -2.18. The SMILES string of the molecule is CC(C)CC(NC(=O)c1cnc2n1CCCCC2)c1nn[nH]n1. The summed E-state index contributed by atoms with van der Waals surface area (Å²) in [5, 5.41) is 17.1. The molecular formula is C15H23N7O. The summed E-state index contributed by atoms with van der Waals surface area (Å²) >= 11 is 0. The molecule has 3 heterocycles. The van der Waals surface area contributed by atoms with Crippen LogP contribution in [0.4, 0.5) is 0 Å². The van der Waals surface area contributed by atoms with Crippen LogP contribution in [0.5, 0.6) is 0 Å². The number of aromatic nitrogens is 6. The summed E-state index contributed by atoms with van der Waals surface area (Å²) in [5.74, 6) is 1.80. The van der Waals surface area contributed by atoms with E-state index >= 15 is 0 Å². The van der Waals surface area contributed by atoms with E-state index in [0.717, 1.165) is 38.1 Å². The smallest absolute Gasteiger partial charge is 0.270 e. The maximum absolute atomic E-state index is 12.7. The van der Waals surface area contributed by atoms with Crippen LogP contribution in [0.1, 0.15) is 67.7 Å². The molecule has 2 aromatic heterocycles. The van der Waals surface area contributed by atoms with Crippen LogP contribution < -0.4 is 5.32 Å². The van der Waals surface area contributed by atoms with E-state index in [1.807, 2.05) is 4.57 Å². The first-order valence-corrected chi connectivity index (χ1v) is 8.23. The molecule has 8 nitrogen and oxygen atoms in total. The van der Waals surface area contributed by atoms with Gasteiger partial charge in [-0.05, 0) is 25.2 Å². The number of aromatic amines is 1. The summed E-state index contributed by atoms with van der Waals surface area (Å²) in [6, 6.07) is -0.252. The molecule has 0 aliphatic carbocycles. The number of tetrazole rings is 1. The standard InChI is InChI=1S/C15H23N7O/c1-10(2)8-11(14-18-20-21-19-14)17-15(23)12-9-16-13-6-4-3-5-7-22(12)13/h9-11H,3-8H2,1-2H3,(H,17,23)(H,18,19,20,21). The van der Waals surface area contributed by atoms with Gasteiger partial charge in [-0.25, -0.2) is 4.98 Å². The third kappa shape index (κ3) is 3.57. The minimum Gasteiger partial charge on any atom is -0.341 e. The van der Waals surface area contributed by atoms with E-state index in [1.54, 1.807) is 6.20 Å². The van der Waals surface area contributed by atoms with Crippen LogP contribution in [0.3, 0.4) is 0 Å². The van der Waals surface area contributed by atoms with Crippen molar-refractivity contribution in [2.24, 2.45) is 5.92 Å². The first kappa shape index (κ1) is 15.6. The largest absolute Gasteiger partial charge is 0.341 e. The van der Waals surface area contributed by atoms with Gasteiger partial charge in [0.25, 0.3) is 5.91 Å². The van der Waals surface area contributed by atoms with Gasteiger partial charge < -0.3 is 9.88 Å². The van der Waals surface area contributed by atoms with E-state index < -0.39 is 0 Å². The lowest BCUT2D eigenvalue weighted by molar-refractivity contribution is 0.0920. The van der Waals surface area contributed by atoms with Crippen molar-refractivity contribution in [1.29, 1.82) is 0 Å². The topological polar surface area (TPSA) is 101 Å². The van der Waals surface area contributed by atoms with Gasteiger partial charge in [0, 0.05) is 13.0 Å². The van der Waals surface area contributed by atoms with Gasteiger partial charge >= 0.3 is 0 Å². The minimum absolute atomic E-state index is 0.124. The predicted octanol–water partition coefficient (Wildman–Crippen LogP) is 1.64. The quantitative estimate of drug-likeness (QED) is 0.873. The third-order valence-electron chi connectivity index (χ3n) is 4.14. The average molecular weight is 317 g/mol. The lowest BCUT2D eigenvalue weighted by Crippen LogP contribution is -2.32. The number of amides is 1. The molecule has 1 unspecified atom stereocenters. The number of hydrogen-bond acceptors (Lipinski definition) is 5. The Morgan fingerprint density at radius 3 is 3.00 bits per heavy atom. The molecule has 23 heavy (non-hydrogen) atoms. The Labute approximate surface area is 135 Å². The lowest BCUT2D eigenvalue weighted by atomic mass is 10.0. The van der Waals surface area contributed by atoms with E-state index in [4.69, 9.17) is 0 Å². The van der Waals surface area contributed by atoms with Crippen LogP contribution in [0.25, 0.3) is 0 Å². The first-order valence-electron chi connectivity index (χ1n) is 8.23. The van der Waals surface area contributed by atoms with E-state index in [9.17, 15) is 4.79 Å². The molecule has 2 N–H and O–H groups in total. The van der Waals surface area contributed by atoms with Gasteiger partial charge in [-0.15, -0.1) is 10.2 Å². The van der Waals surface area contributed by atoms with Crippen LogP contribution >= 0.6 is 0 Å². The van der Waals surface area contributed by atoms with Crippen molar-refractivity contribution in [3.05, 3.63) is 23.5 Å². The zero-order chi connectivity index (χ0) is 16.2. The Morgan fingerprint density at radius 1 is 1.39 bits per heavy atom. The Kier molecular flexibility index (Phi) is 4.68. The van der Waals surface area contributed by atoms with Gasteiger partial charge in [-0.3, -0.25) is 4.79 Å². The zero-order valence-electron chi connectivity index (χ0n) is 13.6. The summed E-state index contributed by atoms with van der Waals surface area (Å²) in [7, 11) is 0. The highest BCUT2D eigenvalue weighted by Crippen LogP contribution is 2.20. The summed E-state index contributed by atoms with van der Waals surface area (Å²) in [4.78, 5) is 17.1. The number of fused-ring (bicyclic) bond motifs is 1. The van der Waals surface area contributed by atoms with Crippen molar-refractivity contribution >= 4 is 5.91 Å². The maximum atomic E-state index is 12.7. The van der Waals surface area contributed by atoms with Crippen molar-refractivity contribution in [2.45, 2.75) is 58.5 Å². The fourth-order valence-corrected chi connectivity index (χ4v) is 3.02. The van der Waals surface area contributed by atoms with E-state index in [0.29, 0.717) is 17.4 Å². The van der Waals surface area contributed by atoms with Crippen LogP contribution in [-0.4, -0.2) is 36.1 Å². The van der Waals surface area contributed by atoms with Gasteiger partial charge in [0.05, 0.1) is 12.2 Å². The Balaban J connectivity index is 1.78. The fourth-order valence-electron chi connectivity index (χ4n) is 3.02. The number of nitrogens with one attached hydrogen (secondary N) is 2. The summed E-state index contributed by atoms with van der Waals surface area (Å²) in [5.41, 5.74) is 0.624. The number of carbonyl (C=O) groups excluding carboxylic acids is 1. The Bertz CT molecular complexity index is 647. The molecule has 0 bridgehead atoms. The molecule has 0 aromatic carbocycles. The number of hydrogen-bond donors (Lipinski definition) is 2. The van der Waals surface area contributed by atoms with Crippen molar-refractivity contribution in [1.82, 2.24) is 35.5 Å². The molecule has 1 aliphatic rings. The molecule has 1 atom stereocenters. The van der Waals surface area contributed by atoms with E-state index in [2.05, 4.69) is 44.8 Å². The molecule has 0 fully saturated rings. The number of rotatable bonds is 5. The molecule has 0 saturated carbocycles. The summed E-state index contributed by atoms with van der Waals surface area (Å²) in [6.07, 6.45) is 6.78. The van der Waals surface area contributed by atoms with Crippen LogP contribution in [0, 0.1) is 5.92 Å². The molecule has 1 amide bonds. The second-order valence-corrected chi connectivity index (χ2v) is 6.45. The molecule has 3 rings (SSSR count). The highest BCUT2D eigenvalue weighted by atomic mass is 16.2. The van der Waals surface area contributed by atoms with Crippen LogP contribution in [0.15, 0.2) is 6.20 Å². The second kappa shape index (κ2) is 6.89. The van der Waals surface area contributed by atoms with Crippen LogP contribution in [0.2, 0.25) is 0 Å². The third-order valence-corrected chi connectivity index (χ3v) is 4.14. The fraction of sp³-hybridized carbons (Fsp3) is 0.667. The predicted molar refractivity (Wildman–Crippen MR) is 83.6 cm³/mol. The molecule has 2 aromatic rings. The Morgan fingerprint density at radius 2 is 2.26 bits per heavy atom. The normalized spacial score (nSPS) is 16.0. The van der Waals surface area contributed by atoms with Crippen molar-refractivity contribution in [2.75, 3.05) is 0 Å². The van der Waals surface area contributed by atoms with Crippen molar-refractivity contribution in [3.8, 4) is 0 Å². The molecule has 0 spiro atoms. The van der Waals surface area contributed by atoms with Gasteiger partial charge in [0.15, 0.2) is 5.82 Å². The minimum atomic E-state index is -0.252. The van der Waals surface area contributed by atoms with Gasteiger partial charge in [-0.1, -0.05) is 25.5 Å². The zero-order valence-corrected chi connectivity index (χ0v) is 13.6. The highest BCUT2D eigenvalue weighted by Gasteiger charge is 2.24. The monoisotopic (exact) mass is 317 g/mol. The molecule has 1 aliphatic heterocycles. The number of H-pyrrole nitrogens is 1. The van der Waals surface area contributed by atoms with Gasteiger partial charge in [-0.2, -0.15) is 5.21 Å². The summed E-state index contributed by atoms with van der Waals surface area (Å²) < 4.78 is 2.05. The number of imidazole rings is 1. The van der Waals surface area contributed by atoms with Crippen LogP contribution in [-0.2, 0) is 13.0 Å². The molecule has 0 radical (unpaired) electrons. The molecule has 0 saturated heterocycles. The second-order valence-electron chi connectivity index (χ2n) is 6.45. The van der Waals surface area contributed by atoms with E-state index in [1.165, 1.54) is 6.42 Å². The molecule has 124 valence electrons.